The Kier molecular flexibility index (Phi) is 5.47. The minimum atomic E-state index is 0.978. The maximum atomic E-state index is 5.52. The molecule has 1 aliphatic rings. The van der Waals surface area contributed by atoms with Gasteiger partial charge in [0.25, 0.3) is 0 Å². The van der Waals surface area contributed by atoms with Crippen molar-refractivity contribution in [3.05, 3.63) is 26.7 Å². The summed E-state index contributed by atoms with van der Waals surface area (Å²) in [5.41, 5.74) is 5.41. The molecule has 1 heterocycles. The van der Waals surface area contributed by atoms with E-state index < -0.39 is 0 Å². The van der Waals surface area contributed by atoms with E-state index in [0.29, 0.717) is 0 Å². The number of nitrogens with one attached hydrogen (secondary N) is 1. The summed E-state index contributed by atoms with van der Waals surface area (Å²) in [5.74, 6) is 0.978. The van der Waals surface area contributed by atoms with Crippen LogP contribution in [0.25, 0.3) is 0 Å². The summed E-state index contributed by atoms with van der Waals surface area (Å²) in [7, 11) is 1.74. The van der Waals surface area contributed by atoms with E-state index in [9.17, 15) is 0 Å². The normalized spacial score (nSPS) is 16.4. The topological polar surface area (TPSA) is 24.5 Å². The second-order valence-electron chi connectivity index (χ2n) is 5.54. The molecule has 0 radical (unpaired) electrons. The third kappa shape index (κ3) is 3.18. The van der Waals surface area contributed by atoms with Gasteiger partial charge in [-0.05, 0) is 65.4 Å². The average Bonchev–Trinajstić information content (AvgIpc) is 2.47. The van der Waals surface area contributed by atoms with Crippen molar-refractivity contribution in [3.63, 3.8) is 0 Å². The Labute approximate surface area is 130 Å². The molecule has 1 fully saturated rings. The van der Waals surface area contributed by atoms with Crippen LogP contribution in [0.15, 0.2) is 4.47 Å². The molecule has 20 heavy (non-hydrogen) atoms. The second-order valence-corrected chi connectivity index (χ2v) is 6.34. The van der Waals surface area contributed by atoms with Gasteiger partial charge in [0.05, 0.1) is 11.6 Å². The highest BCUT2D eigenvalue weighted by atomic mass is 79.9. The lowest BCUT2D eigenvalue weighted by Gasteiger charge is -2.28. The van der Waals surface area contributed by atoms with E-state index in [1.54, 1.807) is 7.11 Å². The Bertz CT molecular complexity index is 453. The van der Waals surface area contributed by atoms with Gasteiger partial charge in [-0.3, -0.25) is 0 Å². The lowest BCUT2D eigenvalue weighted by molar-refractivity contribution is 0.243. The molecule has 0 spiro atoms. The zero-order valence-corrected chi connectivity index (χ0v) is 14.6. The fourth-order valence-electron chi connectivity index (χ4n) is 2.97. The number of nitrogens with zero attached hydrogens (tertiary/aromatic N) is 1. The molecule has 1 aliphatic heterocycles. The van der Waals surface area contributed by atoms with Crippen LogP contribution in [0, 0.1) is 20.8 Å². The molecule has 0 atom stereocenters. The minimum Gasteiger partial charge on any atom is -0.495 e. The predicted octanol–water partition coefficient (Wildman–Crippen LogP) is 2.83. The van der Waals surface area contributed by atoms with Crippen LogP contribution in [0.4, 0.5) is 0 Å². The molecule has 1 saturated heterocycles. The minimum absolute atomic E-state index is 0.978. The number of methoxy groups -OCH3 is 1. The molecule has 1 aromatic rings. The molecular weight excluding hydrogens is 316 g/mol. The quantitative estimate of drug-likeness (QED) is 0.912. The molecule has 0 unspecified atom stereocenters. The van der Waals surface area contributed by atoms with Gasteiger partial charge < -0.3 is 15.0 Å². The highest BCUT2D eigenvalue weighted by Crippen LogP contribution is 2.37. The lowest BCUT2D eigenvalue weighted by Crippen LogP contribution is -2.44. The summed E-state index contributed by atoms with van der Waals surface area (Å²) in [6, 6.07) is 0. The maximum absolute atomic E-state index is 5.52. The molecule has 4 heteroatoms. The van der Waals surface area contributed by atoms with Crippen molar-refractivity contribution < 1.29 is 4.74 Å². The molecule has 0 aliphatic carbocycles. The van der Waals surface area contributed by atoms with Crippen molar-refractivity contribution in [1.29, 1.82) is 0 Å². The van der Waals surface area contributed by atoms with E-state index in [-0.39, 0.29) is 0 Å². The summed E-state index contributed by atoms with van der Waals surface area (Å²) in [4.78, 5) is 2.54. The van der Waals surface area contributed by atoms with Gasteiger partial charge in [0.1, 0.15) is 5.75 Å². The summed E-state index contributed by atoms with van der Waals surface area (Å²) in [6.07, 6.45) is 1.11. The van der Waals surface area contributed by atoms with Crippen LogP contribution in [0.2, 0.25) is 0 Å². The zero-order valence-electron chi connectivity index (χ0n) is 13.0. The summed E-state index contributed by atoms with van der Waals surface area (Å²) in [5, 5.41) is 3.40. The first kappa shape index (κ1) is 15.8. The van der Waals surface area contributed by atoms with Gasteiger partial charge in [-0.25, -0.2) is 0 Å². The maximum Gasteiger partial charge on any atom is 0.136 e. The highest BCUT2D eigenvalue weighted by Gasteiger charge is 2.17. The van der Waals surface area contributed by atoms with Gasteiger partial charge in [0.15, 0.2) is 0 Å². The first-order valence-electron chi connectivity index (χ1n) is 7.31. The molecule has 1 aromatic carbocycles. The Morgan fingerprint density at radius 1 is 1.10 bits per heavy atom. The number of ether oxygens (including phenoxy) is 1. The van der Waals surface area contributed by atoms with Crippen LogP contribution in [-0.4, -0.2) is 44.7 Å². The molecule has 0 amide bonds. The number of rotatable bonds is 4. The number of halogens is 1. The number of hydrogen-bond donors (Lipinski definition) is 1. The summed E-state index contributed by atoms with van der Waals surface area (Å²) < 4.78 is 6.63. The largest absolute Gasteiger partial charge is 0.495 e. The van der Waals surface area contributed by atoms with Crippen molar-refractivity contribution in [2.75, 3.05) is 39.8 Å². The first-order valence-corrected chi connectivity index (χ1v) is 8.10. The highest BCUT2D eigenvalue weighted by molar-refractivity contribution is 9.10. The van der Waals surface area contributed by atoms with Crippen LogP contribution >= 0.6 is 15.9 Å². The van der Waals surface area contributed by atoms with Crippen molar-refractivity contribution in [1.82, 2.24) is 10.2 Å². The lowest BCUT2D eigenvalue weighted by atomic mass is 9.95. The Morgan fingerprint density at radius 2 is 1.75 bits per heavy atom. The van der Waals surface area contributed by atoms with E-state index in [0.717, 1.165) is 49.4 Å². The molecular formula is C16H25BrN2O. The Morgan fingerprint density at radius 3 is 2.35 bits per heavy atom. The smallest absolute Gasteiger partial charge is 0.136 e. The third-order valence-electron chi connectivity index (χ3n) is 4.43. The van der Waals surface area contributed by atoms with Gasteiger partial charge >= 0.3 is 0 Å². The molecule has 0 bridgehead atoms. The van der Waals surface area contributed by atoms with Gasteiger partial charge in [0, 0.05) is 32.7 Å². The zero-order chi connectivity index (χ0) is 14.7. The van der Waals surface area contributed by atoms with Crippen LogP contribution in [0.3, 0.4) is 0 Å². The van der Waals surface area contributed by atoms with Crippen molar-refractivity contribution >= 4 is 15.9 Å². The SMILES string of the molecule is COc1c(C)c(C)c(CCN2CCNCC2)c(C)c1Br. The molecule has 0 aromatic heterocycles. The molecule has 3 nitrogen and oxygen atoms in total. The predicted molar refractivity (Wildman–Crippen MR) is 87.9 cm³/mol. The molecule has 112 valence electrons. The standard InChI is InChI=1S/C16H25BrN2O/c1-11-12(2)16(20-4)15(17)13(3)14(11)5-8-19-9-6-18-7-10-19/h18H,5-10H2,1-4H3. The fraction of sp³-hybridized carbons (Fsp3) is 0.625. The van der Waals surface area contributed by atoms with E-state index in [1.807, 2.05) is 0 Å². The van der Waals surface area contributed by atoms with Crippen LogP contribution in [-0.2, 0) is 6.42 Å². The summed E-state index contributed by atoms with van der Waals surface area (Å²) in [6.45, 7) is 12.2. The van der Waals surface area contributed by atoms with Crippen molar-refractivity contribution in [3.8, 4) is 5.75 Å². The number of benzene rings is 1. The van der Waals surface area contributed by atoms with Gasteiger partial charge in [0.2, 0.25) is 0 Å². The number of piperazine rings is 1. The second kappa shape index (κ2) is 6.92. The van der Waals surface area contributed by atoms with Crippen LogP contribution < -0.4 is 10.1 Å². The van der Waals surface area contributed by atoms with Crippen LogP contribution in [0.1, 0.15) is 22.3 Å². The number of hydrogen-bond acceptors (Lipinski definition) is 3. The van der Waals surface area contributed by atoms with Gasteiger partial charge in [-0.15, -0.1) is 0 Å². The van der Waals surface area contributed by atoms with E-state index in [1.165, 1.54) is 22.3 Å². The Hall–Kier alpha value is -0.580. The van der Waals surface area contributed by atoms with Crippen molar-refractivity contribution in [2.24, 2.45) is 0 Å². The first-order chi connectivity index (χ1) is 9.56. The monoisotopic (exact) mass is 340 g/mol. The van der Waals surface area contributed by atoms with Gasteiger partial charge in [-0.2, -0.15) is 0 Å². The van der Waals surface area contributed by atoms with E-state index in [2.05, 4.69) is 46.9 Å². The Balaban J connectivity index is 2.18. The molecule has 2 rings (SSSR count). The van der Waals surface area contributed by atoms with E-state index >= 15 is 0 Å². The third-order valence-corrected chi connectivity index (χ3v) is 5.38. The van der Waals surface area contributed by atoms with E-state index in [4.69, 9.17) is 4.74 Å². The fourth-order valence-corrected chi connectivity index (χ4v) is 3.67. The van der Waals surface area contributed by atoms with Crippen molar-refractivity contribution in [2.45, 2.75) is 27.2 Å². The summed E-state index contributed by atoms with van der Waals surface area (Å²) >= 11 is 3.69. The molecule has 0 saturated carbocycles. The van der Waals surface area contributed by atoms with Gasteiger partial charge in [-0.1, -0.05) is 0 Å². The average molecular weight is 341 g/mol. The molecule has 1 N–H and O–H groups in total. The van der Waals surface area contributed by atoms with Crippen LogP contribution in [0.5, 0.6) is 5.75 Å².